The van der Waals surface area contributed by atoms with Crippen molar-refractivity contribution in [2.75, 3.05) is 23.5 Å². The third-order valence-corrected chi connectivity index (χ3v) is 6.05. The van der Waals surface area contributed by atoms with E-state index in [1.807, 2.05) is 30.3 Å². The van der Waals surface area contributed by atoms with Crippen LogP contribution in [0.3, 0.4) is 0 Å². The summed E-state index contributed by atoms with van der Waals surface area (Å²) in [6.45, 7) is 1.55. The minimum Gasteiger partial charge on any atom is -0.441 e. The van der Waals surface area contributed by atoms with Crippen molar-refractivity contribution in [1.82, 2.24) is 15.0 Å². The van der Waals surface area contributed by atoms with E-state index in [2.05, 4.69) is 25.6 Å². The Hall–Kier alpha value is -3.83. The van der Waals surface area contributed by atoms with Crippen LogP contribution in [0.25, 0.3) is 11.5 Å². The SMILES string of the molecule is Cc1cnc(-c2cnc(Nc3ccc(S(C)(=O)=O)c(F)c3)nc2N[C@H](CO)c2ccccc2)o1. The van der Waals surface area contributed by atoms with Gasteiger partial charge in [0.05, 0.1) is 24.4 Å². The third-order valence-electron chi connectivity index (χ3n) is 4.92. The lowest BCUT2D eigenvalue weighted by atomic mass is 10.1. The quantitative estimate of drug-likeness (QED) is 0.342. The molecule has 1 atom stereocenters. The van der Waals surface area contributed by atoms with Gasteiger partial charge in [-0.1, -0.05) is 30.3 Å². The molecule has 0 unspecified atom stereocenters. The summed E-state index contributed by atoms with van der Waals surface area (Å²) in [7, 11) is -3.69. The number of anilines is 3. The highest BCUT2D eigenvalue weighted by Gasteiger charge is 2.19. The summed E-state index contributed by atoms with van der Waals surface area (Å²) in [5.41, 5.74) is 1.56. The zero-order valence-electron chi connectivity index (χ0n) is 18.4. The van der Waals surface area contributed by atoms with Gasteiger partial charge in [0.15, 0.2) is 9.84 Å². The molecule has 0 saturated carbocycles. The minimum atomic E-state index is -3.69. The molecule has 0 spiro atoms. The van der Waals surface area contributed by atoms with E-state index in [-0.39, 0.29) is 18.2 Å². The van der Waals surface area contributed by atoms with Crippen LogP contribution in [-0.4, -0.2) is 41.3 Å². The standard InChI is InChI=1S/C23H22FN5O4S/c1-14-11-25-22(33-14)17-12-26-23(27-16-8-9-20(18(24)10-16)34(2,31)32)29-21(17)28-19(13-30)15-6-4-3-5-7-15/h3-12,19,30H,13H2,1-2H3,(H2,26,27,28,29)/t19-/m1/s1. The second-order valence-corrected chi connectivity index (χ2v) is 9.55. The number of aliphatic hydroxyl groups excluding tert-OH is 1. The smallest absolute Gasteiger partial charge is 0.231 e. The Balaban J connectivity index is 1.69. The summed E-state index contributed by atoms with van der Waals surface area (Å²) < 4.78 is 43.3. The summed E-state index contributed by atoms with van der Waals surface area (Å²) in [5.74, 6) is 0.453. The number of nitrogens with one attached hydrogen (secondary N) is 2. The molecule has 0 radical (unpaired) electrons. The second-order valence-electron chi connectivity index (χ2n) is 7.56. The first-order valence-electron chi connectivity index (χ1n) is 10.2. The first-order valence-corrected chi connectivity index (χ1v) is 12.1. The van der Waals surface area contributed by atoms with Crippen molar-refractivity contribution in [3.8, 4) is 11.5 Å². The molecule has 0 saturated heterocycles. The largest absolute Gasteiger partial charge is 0.441 e. The normalized spacial score (nSPS) is 12.4. The molecular weight excluding hydrogens is 461 g/mol. The van der Waals surface area contributed by atoms with Gasteiger partial charge in [-0.2, -0.15) is 4.98 Å². The van der Waals surface area contributed by atoms with Crippen molar-refractivity contribution < 1.29 is 22.3 Å². The topological polar surface area (TPSA) is 130 Å². The highest BCUT2D eigenvalue weighted by molar-refractivity contribution is 7.90. The van der Waals surface area contributed by atoms with E-state index in [1.165, 1.54) is 18.3 Å². The average molecular weight is 484 g/mol. The van der Waals surface area contributed by atoms with E-state index in [1.54, 1.807) is 13.1 Å². The lowest BCUT2D eigenvalue weighted by Gasteiger charge is -2.19. The summed E-state index contributed by atoms with van der Waals surface area (Å²) in [4.78, 5) is 12.6. The fourth-order valence-electron chi connectivity index (χ4n) is 3.28. The molecule has 0 aliphatic carbocycles. The number of nitrogens with zero attached hydrogens (tertiary/aromatic N) is 3. The van der Waals surface area contributed by atoms with Crippen LogP contribution in [0.4, 0.5) is 21.8 Å². The molecule has 0 aliphatic heterocycles. The number of aliphatic hydroxyl groups is 1. The van der Waals surface area contributed by atoms with Crippen LogP contribution in [0, 0.1) is 12.7 Å². The van der Waals surface area contributed by atoms with Gasteiger partial charge in [0, 0.05) is 18.1 Å². The Morgan fingerprint density at radius 3 is 2.50 bits per heavy atom. The van der Waals surface area contributed by atoms with Gasteiger partial charge in [-0.05, 0) is 30.7 Å². The fraction of sp³-hybridized carbons (Fsp3) is 0.174. The Morgan fingerprint density at radius 2 is 1.88 bits per heavy atom. The van der Waals surface area contributed by atoms with Crippen LogP contribution in [0.5, 0.6) is 0 Å². The summed E-state index contributed by atoms with van der Waals surface area (Å²) in [6, 6.07) is 12.5. The van der Waals surface area contributed by atoms with Gasteiger partial charge in [0.2, 0.25) is 11.8 Å². The van der Waals surface area contributed by atoms with E-state index in [4.69, 9.17) is 4.42 Å². The van der Waals surface area contributed by atoms with Crippen LogP contribution in [0.2, 0.25) is 0 Å². The van der Waals surface area contributed by atoms with Gasteiger partial charge >= 0.3 is 0 Å². The van der Waals surface area contributed by atoms with E-state index < -0.39 is 26.6 Å². The molecule has 0 fully saturated rings. The van der Waals surface area contributed by atoms with Crippen molar-refractivity contribution in [2.45, 2.75) is 17.9 Å². The van der Waals surface area contributed by atoms with Crippen LogP contribution in [-0.2, 0) is 9.84 Å². The Kier molecular flexibility index (Phi) is 6.57. The van der Waals surface area contributed by atoms with Crippen molar-refractivity contribution in [3.05, 3.63) is 78.1 Å². The lowest BCUT2D eigenvalue weighted by Crippen LogP contribution is -2.17. The molecule has 11 heteroatoms. The summed E-state index contributed by atoms with van der Waals surface area (Å²) in [6.07, 6.45) is 3.99. The molecule has 2 aromatic carbocycles. The van der Waals surface area contributed by atoms with Crippen LogP contribution in [0.1, 0.15) is 17.4 Å². The average Bonchev–Trinajstić information content (AvgIpc) is 3.23. The highest BCUT2D eigenvalue weighted by atomic mass is 32.2. The first kappa shape index (κ1) is 23.3. The maximum Gasteiger partial charge on any atom is 0.231 e. The minimum absolute atomic E-state index is 0.116. The zero-order chi connectivity index (χ0) is 24.3. The fourth-order valence-corrected chi connectivity index (χ4v) is 4.01. The predicted octanol–water partition coefficient (Wildman–Crippen LogP) is 3.87. The molecule has 9 nitrogen and oxygen atoms in total. The number of halogens is 1. The van der Waals surface area contributed by atoms with Crippen LogP contribution >= 0.6 is 0 Å². The van der Waals surface area contributed by atoms with E-state index >= 15 is 0 Å². The Labute approximate surface area is 195 Å². The number of aryl methyl sites for hydroxylation is 1. The molecule has 2 aromatic heterocycles. The maximum absolute atomic E-state index is 14.3. The molecule has 2 heterocycles. The van der Waals surface area contributed by atoms with Crippen molar-refractivity contribution in [2.24, 2.45) is 0 Å². The van der Waals surface area contributed by atoms with Crippen molar-refractivity contribution in [1.29, 1.82) is 0 Å². The first-order chi connectivity index (χ1) is 16.2. The van der Waals surface area contributed by atoms with Gasteiger partial charge in [-0.3, -0.25) is 0 Å². The highest BCUT2D eigenvalue weighted by Crippen LogP contribution is 2.30. The second kappa shape index (κ2) is 9.57. The van der Waals surface area contributed by atoms with E-state index in [9.17, 15) is 17.9 Å². The van der Waals surface area contributed by atoms with Crippen LogP contribution in [0.15, 0.2) is 70.2 Å². The molecule has 4 aromatic rings. The summed E-state index contributed by atoms with van der Waals surface area (Å²) >= 11 is 0. The van der Waals surface area contributed by atoms with Crippen LogP contribution < -0.4 is 10.6 Å². The Morgan fingerprint density at radius 1 is 1.12 bits per heavy atom. The van der Waals surface area contributed by atoms with Crippen molar-refractivity contribution >= 4 is 27.3 Å². The van der Waals surface area contributed by atoms with Gasteiger partial charge < -0.3 is 20.2 Å². The third kappa shape index (κ3) is 5.21. The van der Waals surface area contributed by atoms with Gasteiger partial charge in [-0.15, -0.1) is 0 Å². The van der Waals surface area contributed by atoms with E-state index in [0.717, 1.165) is 17.9 Å². The number of sulfone groups is 1. The Bertz CT molecular complexity index is 1410. The lowest BCUT2D eigenvalue weighted by molar-refractivity contribution is 0.276. The molecule has 176 valence electrons. The van der Waals surface area contributed by atoms with Gasteiger partial charge in [0.25, 0.3) is 0 Å². The number of rotatable bonds is 8. The molecule has 0 aliphatic rings. The number of benzene rings is 2. The zero-order valence-corrected chi connectivity index (χ0v) is 19.2. The van der Waals surface area contributed by atoms with Gasteiger partial charge in [-0.25, -0.2) is 22.8 Å². The molecule has 0 amide bonds. The molecule has 4 rings (SSSR count). The molecule has 0 bridgehead atoms. The van der Waals surface area contributed by atoms with Crippen molar-refractivity contribution in [3.63, 3.8) is 0 Å². The van der Waals surface area contributed by atoms with Gasteiger partial charge in [0.1, 0.15) is 22.3 Å². The number of oxazole rings is 1. The number of hydrogen-bond acceptors (Lipinski definition) is 9. The summed E-state index contributed by atoms with van der Waals surface area (Å²) in [5, 5.41) is 16.0. The monoisotopic (exact) mass is 483 g/mol. The predicted molar refractivity (Wildman–Crippen MR) is 125 cm³/mol. The number of hydrogen-bond donors (Lipinski definition) is 3. The van der Waals surface area contributed by atoms with E-state index in [0.29, 0.717) is 23.0 Å². The maximum atomic E-state index is 14.3. The number of aromatic nitrogens is 3. The molecular formula is C23H22FN5O4S. The molecule has 34 heavy (non-hydrogen) atoms. The molecule has 3 N–H and O–H groups in total.